The van der Waals surface area contributed by atoms with E-state index in [1.165, 1.54) is 19.3 Å². The van der Waals surface area contributed by atoms with Gasteiger partial charge in [0.15, 0.2) is 0 Å². The predicted octanol–water partition coefficient (Wildman–Crippen LogP) is 3.11. The average molecular weight is 274 g/mol. The second-order valence-corrected chi connectivity index (χ2v) is 6.17. The van der Waals surface area contributed by atoms with E-state index in [9.17, 15) is 0 Å². The Morgan fingerprint density at radius 3 is 2.60 bits per heavy atom. The Kier molecular flexibility index (Phi) is 6.06. The zero-order chi connectivity index (χ0) is 14.4. The minimum atomic E-state index is 0.590. The molecule has 0 heterocycles. The fraction of sp³-hybridized carbons (Fsp3) is 0.667. The highest BCUT2D eigenvalue weighted by Crippen LogP contribution is 2.24. The summed E-state index contributed by atoms with van der Waals surface area (Å²) in [6.45, 7) is 11.4. The molecule has 0 fully saturated rings. The van der Waals surface area contributed by atoms with Crippen molar-refractivity contribution in [2.75, 3.05) is 26.2 Å². The molecule has 2 heteroatoms. The molecule has 0 bridgehead atoms. The molecule has 0 radical (unpaired) electrons. The molecule has 1 aromatic carbocycles. The van der Waals surface area contributed by atoms with Crippen molar-refractivity contribution in [3.05, 3.63) is 35.4 Å². The van der Waals surface area contributed by atoms with Crippen LogP contribution < -0.4 is 5.32 Å². The van der Waals surface area contributed by atoms with Crippen molar-refractivity contribution < 1.29 is 0 Å². The van der Waals surface area contributed by atoms with Crippen LogP contribution in [0.4, 0.5) is 0 Å². The third-order valence-corrected chi connectivity index (χ3v) is 4.63. The number of hydrogen-bond acceptors (Lipinski definition) is 2. The summed E-state index contributed by atoms with van der Waals surface area (Å²) in [4.78, 5) is 2.49. The van der Waals surface area contributed by atoms with E-state index in [2.05, 4.69) is 55.3 Å². The number of benzene rings is 1. The van der Waals surface area contributed by atoms with Crippen LogP contribution in [0, 0.1) is 5.92 Å². The Morgan fingerprint density at radius 1 is 1.20 bits per heavy atom. The van der Waals surface area contributed by atoms with Crippen LogP contribution >= 0.6 is 0 Å². The molecule has 0 saturated carbocycles. The Bertz CT molecular complexity index is 398. The van der Waals surface area contributed by atoms with Gasteiger partial charge in [0, 0.05) is 12.6 Å². The molecule has 2 atom stereocenters. The monoisotopic (exact) mass is 274 g/mol. The molecule has 20 heavy (non-hydrogen) atoms. The van der Waals surface area contributed by atoms with Gasteiger partial charge in [0.1, 0.15) is 0 Å². The van der Waals surface area contributed by atoms with Crippen molar-refractivity contribution >= 4 is 0 Å². The maximum absolute atomic E-state index is 3.74. The first-order valence-electron chi connectivity index (χ1n) is 8.25. The lowest BCUT2D eigenvalue weighted by atomic mass is 9.84. The highest BCUT2D eigenvalue weighted by atomic mass is 15.1. The smallest absolute Gasteiger partial charge is 0.0166 e. The largest absolute Gasteiger partial charge is 0.313 e. The van der Waals surface area contributed by atoms with Crippen LogP contribution in [0.2, 0.25) is 0 Å². The van der Waals surface area contributed by atoms with Crippen molar-refractivity contribution in [1.29, 1.82) is 0 Å². The lowest BCUT2D eigenvalue weighted by molar-refractivity contribution is 0.263. The Balaban J connectivity index is 1.75. The molecule has 2 nitrogen and oxygen atoms in total. The lowest BCUT2D eigenvalue weighted by Gasteiger charge is -2.28. The second-order valence-electron chi connectivity index (χ2n) is 6.17. The molecule has 0 amide bonds. The summed E-state index contributed by atoms with van der Waals surface area (Å²) < 4.78 is 0. The zero-order valence-electron chi connectivity index (χ0n) is 13.4. The van der Waals surface area contributed by atoms with Crippen molar-refractivity contribution in [3.8, 4) is 0 Å². The van der Waals surface area contributed by atoms with Gasteiger partial charge in [-0.2, -0.15) is 0 Å². The number of fused-ring (bicyclic) bond motifs is 1. The Morgan fingerprint density at radius 2 is 1.90 bits per heavy atom. The summed E-state index contributed by atoms with van der Waals surface area (Å²) in [7, 11) is 0. The molecule has 1 N–H and O–H groups in total. The molecular formula is C18H30N2. The van der Waals surface area contributed by atoms with E-state index < -0.39 is 0 Å². The molecule has 1 aromatic rings. The molecule has 1 aliphatic carbocycles. The van der Waals surface area contributed by atoms with Crippen LogP contribution in [0.5, 0.6) is 0 Å². The number of aryl methyl sites for hydroxylation is 1. The van der Waals surface area contributed by atoms with Crippen molar-refractivity contribution in [3.63, 3.8) is 0 Å². The second kappa shape index (κ2) is 7.80. The van der Waals surface area contributed by atoms with Gasteiger partial charge in [0.05, 0.1) is 0 Å². The summed E-state index contributed by atoms with van der Waals surface area (Å²) in [5.74, 6) is 0.809. The van der Waals surface area contributed by atoms with Gasteiger partial charge in [0.2, 0.25) is 0 Å². The topological polar surface area (TPSA) is 15.3 Å². The number of hydrogen-bond donors (Lipinski definition) is 1. The first-order valence-corrected chi connectivity index (χ1v) is 8.25. The summed E-state index contributed by atoms with van der Waals surface area (Å²) in [5, 5.41) is 3.74. The van der Waals surface area contributed by atoms with Crippen LogP contribution in [0.25, 0.3) is 0 Å². The standard InChI is InChI=1S/C18H30N2/c1-4-20(5-2)14-15(3)19-13-16-10-11-17-8-6-7-9-18(17)12-16/h6-9,15-16,19H,4-5,10-14H2,1-3H3. The van der Waals surface area contributed by atoms with E-state index in [1.54, 1.807) is 11.1 Å². The van der Waals surface area contributed by atoms with E-state index in [-0.39, 0.29) is 0 Å². The lowest BCUT2D eigenvalue weighted by Crippen LogP contribution is -2.41. The number of nitrogens with zero attached hydrogens (tertiary/aromatic N) is 1. The number of rotatable bonds is 7. The molecular weight excluding hydrogens is 244 g/mol. The molecule has 0 saturated heterocycles. The Hall–Kier alpha value is -0.860. The van der Waals surface area contributed by atoms with Crippen LogP contribution in [0.1, 0.15) is 38.3 Å². The highest BCUT2D eigenvalue weighted by Gasteiger charge is 2.18. The van der Waals surface area contributed by atoms with Crippen LogP contribution in [-0.4, -0.2) is 37.1 Å². The van der Waals surface area contributed by atoms with Crippen molar-refractivity contribution in [1.82, 2.24) is 10.2 Å². The summed E-state index contributed by atoms with van der Waals surface area (Å²) >= 11 is 0. The van der Waals surface area contributed by atoms with Crippen LogP contribution in [-0.2, 0) is 12.8 Å². The SMILES string of the molecule is CCN(CC)CC(C)NCC1CCc2ccccc2C1. The number of nitrogens with one attached hydrogen (secondary N) is 1. The van der Waals surface area contributed by atoms with Gasteiger partial charge in [0.25, 0.3) is 0 Å². The third kappa shape index (κ3) is 4.32. The first kappa shape index (κ1) is 15.5. The molecule has 1 aliphatic rings. The van der Waals surface area contributed by atoms with Gasteiger partial charge in [-0.1, -0.05) is 38.1 Å². The van der Waals surface area contributed by atoms with E-state index in [0.29, 0.717) is 6.04 Å². The maximum Gasteiger partial charge on any atom is 0.0166 e. The zero-order valence-corrected chi connectivity index (χ0v) is 13.4. The van der Waals surface area contributed by atoms with Gasteiger partial charge in [-0.3, -0.25) is 0 Å². The highest BCUT2D eigenvalue weighted by molar-refractivity contribution is 5.29. The quantitative estimate of drug-likeness (QED) is 0.822. The Labute approximate surface area is 124 Å². The van der Waals surface area contributed by atoms with Crippen molar-refractivity contribution in [2.24, 2.45) is 5.92 Å². The van der Waals surface area contributed by atoms with Crippen LogP contribution in [0.15, 0.2) is 24.3 Å². The van der Waals surface area contributed by atoms with E-state index in [0.717, 1.165) is 32.1 Å². The predicted molar refractivity (Wildman–Crippen MR) is 87.2 cm³/mol. The fourth-order valence-electron chi connectivity index (χ4n) is 3.25. The van der Waals surface area contributed by atoms with E-state index >= 15 is 0 Å². The summed E-state index contributed by atoms with van der Waals surface area (Å²) in [5.41, 5.74) is 3.14. The average Bonchev–Trinajstić information content (AvgIpc) is 2.50. The summed E-state index contributed by atoms with van der Waals surface area (Å²) in [6, 6.07) is 9.54. The van der Waals surface area contributed by atoms with Gasteiger partial charge in [-0.15, -0.1) is 0 Å². The molecule has 0 spiro atoms. The van der Waals surface area contributed by atoms with Gasteiger partial charge < -0.3 is 10.2 Å². The molecule has 112 valence electrons. The normalized spacial score (nSPS) is 19.9. The van der Waals surface area contributed by atoms with Crippen LogP contribution in [0.3, 0.4) is 0 Å². The first-order chi connectivity index (χ1) is 9.72. The van der Waals surface area contributed by atoms with Crippen molar-refractivity contribution in [2.45, 2.75) is 46.1 Å². The molecule has 0 aliphatic heterocycles. The van der Waals surface area contributed by atoms with Gasteiger partial charge in [-0.25, -0.2) is 0 Å². The van der Waals surface area contributed by atoms with E-state index in [4.69, 9.17) is 0 Å². The molecule has 2 rings (SSSR count). The minimum Gasteiger partial charge on any atom is -0.313 e. The maximum atomic E-state index is 3.74. The van der Waals surface area contributed by atoms with E-state index in [1.807, 2.05) is 0 Å². The number of likely N-dealkylation sites (N-methyl/N-ethyl adjacent to an activating group) is 1. The molecule has 0 aromatic heterocycles. The fourth-order valence-corrected chi connectivity index (χ4v) is 3.25. The molecule has 2 unspecified atom stereocenters. The van der Waals surface area contributed by atoms with Gasteiger partial charge in [-0.05, 0) is 62.9 Å². The van der Waals surface area contributed by atoms with Gasteiger partial charge >= 0.3 is 0 Å². The summed E-state index contributed by atoms with van der Waals surface area (Å²) in [6.07, 6.45) is 3.84. The third-order valence-electron chi connectivity index (χ3n) is 4.63. The minimum absolute atomic E-state index is 0.590.